The van der Waals surface area contributed by atoms with E-state index in [9.17, 15) is 0 Å². The van der Waals surface area contributed by atoms with Crippen LogP contribution in [0.3, 0.4) is 0 Å². The molecule has 2 heterocycles. The Hall–Kier alpha value is -7.36. The summed E-state index contributed by atoms with van der Waals surface area (Å²) in [6.07, 6.45) is 0. The Morgan fingerprint density at radius 3 is 0.945 bits per heavy atom. The van der Waals surface area contributed by atoms with Crippen molar-refractivity contribution in [1.82, 2.24) is 0 Å². The number of hydrogen-bond acceptors (Lipinski definition) is 2. The minimum absolute atomic E-state index is 0.0729. The molecule has 2 nitrogen and oxygen atoms in total. The molecule has 11 rings (SSSR count). The van der Waals surface area contributed by atoms with Gasteiger partial charge in [0.15, 0.2) is 0 Å². The fourth-order valence-electron chi connectivity index (χ4n) is 11.7. The van der Waals surface area contributed by atoms with Gasteiger partial charge in [-0.2, -0.15) is 0 Å². The van der Waals surface area contributed by atoms with Gasteiger partial charge in [0.1, 0.15) is 0 Å². The van der Waals surface area contributed by atoms with Gasteiger partial charge < -0.3 is 9.80 Å². The van der Waals surface area contributed by atoms with Crippen molar-refractivity contribution in [2.75, 3.05) is 9.80 Å². The molecule has 0 bridgehead atoms. The van der Waals surface area contributed by atoms with Crippen LogP contribution in [0.15, 0.2) is 200 Å². The van der Waals surface area contributed by atoms with Gasteiger partial charge in [-0.3, -0.25) is 0 Å². The van der Waals surface area contributed by atoms with E-state index in [1.165, 1.54) is 117 Å². The molecule has 2 aliphatic heterocycles. The molecule has 73 heavy (non-hydrogen) atoms. The molecule has 9 aromatic rings. The summed E-state index contributed by atoms with van der Waals surface area (Å²) < 4.78 is 0. The first kappa shape index (κ1) is 47.9. The lowest BCUT2D eigenvalue weighted by Gasteiger charge is -2.45. The van der Waals surface area contributed by atoms with E-state index >= 15 is 0 Å². The first-order valence-corrected chi connectivity index (χ1v) is 26.4. The maximum Gasteiger partial charge on any atom is 0.252 e. The first-order valence-electron chi connectivity index (χ1n) is 26.4. The quantitative estimate of drug-likeness (QED) is 0.153. The highest BCUT2D eigenvalue weighted by molar-refractivity contribution is 7.00. The molecule has 0 aliphatic carbocycles. The Balaban J connectivity index is 1.20. The molecular formula is C70H69BN2. The molecule has 0 fully saturated rings. The van der Waals surface area contributed by atoms with E-state index in [0.29, 0.717) is 0 Å². The van der Waals surface area contributed by atoms with Crippen LogP contribution in [0.5, 0.6) is 0 Å². The Bertz CT molecular complexity index is 3320. The number of para-hydroxylation sites is 2. The molecule has 0 aromatic heterocycles. The predicted octanol–water partition coefficient (Wildman–Crippen LogP) is 17.6. The summed E-state index contributed by atoms with van der Waals surface area (Å²) in [5.74, 6) is 0. The molecule has 0 spiro atoms. The maximum atomic E-state index is 2.59. The van der Waals surface area contributed by atoms with Gasteiger partial charge in [0.2, 0.25) is 0 Å². The van der Waals surface area contributed by atoms with Crippen LogP contribution in [0.2, 0.25) is 0 Å². The highest BCUT2D eigenvalue weighted by Gasteiger charge is 2.45. The molecule has 0 amide bonds. The molecule has 3 heteroatoms. The van der Waals surface area contributed by atoms with Gasteiger partial charge in [-0.1, -0.05) is 247 Å². The van der Waals surface area contributed by atoms with Crippen molar-refractivity contribution in [1.29, 1.82) is 0 Å². The molecule has 2 aliphatic rings. The third-order valence-electron chi connectivity index (χ3n) is 15.5. The van der Waals surface area contributed by atoms with E-state index in [4.69, 9.17) is 0 Å². The van der Waals surface area contributed by atoms with E-state index < -0.39 is 0 Å². The van der Waals surface area contributed by atoms with Gasteiger partial charge in [-0.05, 0) is 141 Å². The average molecular weight is 949 g/mol. The summed E-state index contributed by atoms with van der Waals surface area (Å²) in [6.45, 7) is 27.7. The minimum Gasteiger partial charge on any atom is -0.311 e. The van der Waals surface area contributed by atoms with Gasteiger partial charge >= 0.3 is 0 Å². The molecular weight excluding hydrogens is 880 g/mol. The van der Waals surface area contributed by atoms with Crippen LogP contribution < -0.4 is 26.2 Å². The summed E-state index contributed by atoms with van der Waals surface area (Å²) >= 11 is 0. The Morgan fingerprint density at radius 2 is 0.589 bits per heavy atom. The van der Waals surface area contributed by atoms with Crippen LogP contribution >= 0.6 is 0 Å². The zero-order valence-electron chi connectivity index (χ0n) is 45.0. The Kier molecular flexibility index (Phi) is 11.6. The standard InChI is InChI=1S/C70H69BN2/c1-67(2,3)50-38-32-46(33-39-50)52-22-13-15-24-54(52)48-36-42-62-58(44-48)71-59-45-49(55-25-16-14-23-53(55)47-34-40-51(41-35-47)68(4,5)6)37-43-63(59)73(61-29-20-18-27-57(61)70(10,11)12)65-31-21-30-64(66(65)71)72(62)60-28-19-17-26-56(60)69(7,8)9/h13-45H,1-12H3. The van der Waals surface area contributed by atoms with Crippen molar-refractivity contribution in [3.05, 3.63) is 222 Å². The van der Waals surface area contributed by atoms with Crippen molar-refractivity contribution < 1.29 is 0 Å². The summed E-state index contributed by atoms with van der Waals surface area (Å²) in [5.41, 5.74) is 26.2. The van der Waals surface area contributed by atoms with Crippen molar-refractivity contribution >= 4 is 57.2 Å². The number of benzene rings is 9. The summed E-state index contributed by atoms with van der Waals surface area (Å²) in [5, 5.41) is 0. The van der Waals surface area contributed by atoms with Crippen LogP contribution in [0.4, 0.5) is 34.1 Å². The topological polar surface area (TPSA) is 6.48 Å². The second-order valence-corrected chi connectivity index (χ2v) is 24.6. The Morgan fingerprint density at radius 1 is 0.274 bits per heavy atom. The maximum absolute atomic E-state index is 2.59. The average Bonchev–Trinajstić information content (AvgIpc) is 3.38. The molecule has 0 unspecified atom stereocenters. The summed E-state index contributed by atoms with van der Waals surface area (Å²) in [4.78, 5) is 5.18. The van der Waals surface area contributed by atoms with Crippen molar-refractivity contribution in [3.63, 3.8) is 0 Å². The minimum atomic E-state index is -0.108. The number of rotatable bonds is 6. The van der Waals surface area contributed by atoms with Gasteiger partial charge in [0.05, 0.1) is 0 Å². The first-order chi connectivity index (χ1) is 34.8. The van der Waals surface area contributed by atoms with Gasteiger partial charge in [-0.15, -0.1) is 0 Å². The summed E-state index contributed by atoms with van der Waals surface area (Å²) in [6, 6.07) is 76.3. The van der Waals surface area contributed by atoms with E-state index in [2.05, 4.69) is 293 Å². The predicted molar refractivity (Wildman–Crippen MR) is 317 cm³/mol. The van der Waals surface area contributed by atoms with E-state index in [1.807, 2.05) is 0 Å². The second kappa shape index (κ2) is 17.7. The lowest BCUT2D eigenvalue weighted by molar-refractivity contribution is 0.590. The van der Waals surface area contributed by atoms with Crippen LogP contribution in [0, 0.1) is 0 Å². The number of anilines is 6. The third-order valence-corrected chi connectivity index (χ3v) is 15.5. The highest BCUT2D eigenvalue weighted by atomic mass is 15.2. The van der Waals surface area contributed by atoms with Crippen LogP contribution in [-0.4, -0.2) is 6.71 Å². The van der Waals surface area contributed by atoms with Crippen molar-refractivity contribution in [2.45, 2.75) is 105 Å². The highest BCUT2D eigenvalue weighted by Crippen LogP contribution is 2.49. The van der Waals surface area contributed by atoms with Gasteiger partial charge in [0.25, 0.3) is 6.71 Å². The number of nitrogens with zero attached hydrogens (tertiary/aromatic N) is 2. The van der Waals surface area contributed by atoms with Crippen LogP contribution in [0.25, 0.3) is 44.5 Å². The van der Waals surface area contributed by atoms with Crippen LogP contribution in [0.1, 0.15) is 105 Å². The lowest BCUT2D eigenvalue weighted by Crippen LogP contribution is -2.61. The molecule has 0 N–H and O–H groups in total. The fourth-order valence-corrected chi connectivity index (χ4v) is 11.7. The summed E-state index contributed by atoms with van der Waals surface area (Å²) in [7, 11) is 0. The smallest absolute Gasteiger partial charge is 0.252 e. The molecule has 0 saturated carbocycles. The molecule has 0 radical (unpaired) electrons. The van der Waals surface area contributed by atoms with Crippen molar-refractivity contribution in [3.8, 4) is 44.5 Å². The van der Waals surface area contributed by atoms with Gasteiger partial charge in [-0.25, -0.2) is 0 Å². The second-order valence-electron chi connectivity index (χ2n) is 24.6. The Labute approximate surface area is 436 Å². The SMILES string of the molecule is CC(C)(C)c1ccc(-c2ccccc2-c2ccc3c(c2)B2c4cc(-c5ccccc5-c5ccc(C(C)(C)C)cc5)ccc4N(c4ccccc4C(C)(C)C)c4cccc(c42)N3c2ccccc2C(C)(C)C)cc1. The van der Waals surface area contributed by atoms with E-state index in [0.717, 1.165) is 0 Å². The normalized spacial score (nSPS) is 13.4. The number of hydrogen-bond donors (Lipinski definition) is 0. The number of fused-ring (bicyclic) bond motifs is 4. The fraction of sp³-hybridized carbons (Fsp3) is 0.229. The molecule has 362 valence electrons. The van der Waals surface area contributed by atoms with Crippen LogP contribution in [-0.2, 0) is 21.7 Å². The third kappa shape index (κ3) is 8.51. The molecule has 0 saturated heterocycles. The zero-order chi connectivity index (χ0) is 51.2. The van der Waals surface area contributed by atoms with E-state index in [-0.39, 0.29) is 28.4 Å². The largest absolute Gasteiger partial charge is 0.311 e. The monoisotopic (exact) mass is 949 g/mol. The molecule has 9 aromatic carbocycles. The lowest BCUT2D eigenvalue weighted by atomic mass is 9.33. The van der Waals surface area contributed by atoms with Crippen molar-refractivity contribution in [2.24, 2.45) is 0 Å². The zero-order valence-corrected chi connectivity index (χ0v) is 45.0. The molecule has 0 atom stereocenters. The van der Waals surface area contributed by atoms with E-state index in [1.54, 1.807) is 0 Å². The van der Waals surface area contributed by atoms with Gasteiger partial charge in [0, 0.05) is 34.1 Å².